The Morgan fingerprint density at radius 3 is 2.19 bits per heavy atom. The first-order valence-electron chi connectivity index (χ1n) is 8.92. The lowest BCUT2D eigenvalue weighted by atomic mass is 10.1. The number of carbonyl (C=O) groups is 1. The molecule has 0 bridgehead atoms. The van der Waals surface area contributed by atoms with Crippen LogP contribution >= 0.6 is 0 Å². The molecule has 0 spiro atoms. The molecule has 0 aromatic heterocycles. The molecule has 0 unspecified atom stereocenters. The maximum Gasteiger partial charge on any atom is 0.264 e. The number of likely N-dealkylation sites (N-methyl/N-ethyl adjacent to an activating group) is 1. The van der Waals surface area contributed by atoms with Gasteiger partial charge in [0.15, 0.2) is 0 Å². The van der Waals surface area contributed by atoms with Crippen LogP contribution in [-0.2, 0) is 21.2 Å². The predicted octanol–water partition coefficient (Wildman–Crippen LogP) is 2.12. The Morgan fingerprint density at radius 2 is 1.63 bits per heavy atom. The molecule has 6 nitrogen and oxygen atoms in total. The molecule has 0 fully saturated rings. The van der Waals surface area contributed by atoms with Crippen molar-refractivity contribution in [3.05, 3.63) is 60.2 Å². The summed E-state index contributed by atoms with van der Waals surface area (Å²) < 4.78 is 27.4. The number of nitrogens with zero attached hydrogens (tertiary/aromatic N) is 2. The molecule has 0 saturated heterocycles. The second kappa shape index (κ2) is 9.53. The quantitative estimate of drug-likeness (QED) is 0.713. The summed E-state index contributed by atoms with van der Waals surface area (Å²) in [5.41, 5.74) is 1.57. The number of carbonyl (C=O) groups excluding carboxylic acids is 1. The largest absolute Gasteiger partial charge is 0.353 e. The number of rotatable bonds is 9. The molecule has 0 radical (unpaired) electrons. The van der Waals surface area contributed by atoms with Gasteiger partial charge >= 0.3 is 0 Å². The van der Waals surface area contributed by atoms with Crippen LogP contribution in [0.15, 0.2) is 59.5 Å². The Balaban J connectivity index is 2.29. The molecule has 0 aliphatic rings. The highest BCUT2D eigenvalue weighted by molar-refractivity contribution is 7.92. The normalized spacial score (nSPS) is 11.4. The van der Waals surface area contributed by atoms with E-state index in [1.165, 1.54) is 12.1 Å². The zero-order valence-corrected chi connectivity index (χ0v) is 16.9. The number of amides is 1. The van der Waals surface area contributed by atoms with Crippen LogP contribution in [0, 0.1) is 0 Å². The van der Waals surface area contributed by atoms with Crippen molar-refractivity contribution in [2.45, 2.75) is 18.2 Å². The SMILES string of the molecule is CCc1ccc(N(CC(=O)NCCN(C)C)S(=O)(=O)c2ccccc2)cc1. The topological polar surface area (TPSA) is 69.7 Å². The van der Waals surface area contributed by atoms with Crippen LogP contribution in [0.3, 0.4) is 0 Å². The fraction of sp³-hybridized carbons (Fsp3) is 0.350. The number of hydrogen-bond donors (Lipinski definition) is 1. The van der Waals surface area contributed by atoms with Crippen LogP contribution in [0.4, 0.5) is 5.69 Å². The molecular weight excluding hydrogens is 362 g/mol. The molecule has 1 amide bonds. The summed E-state index contributed by atoms with van der Waals surface area (Å²) in [6, 6.07) is 15.4. The summed E-state index contributed by atoms with van der Waals surface area (Å²) in [5, 5.41) is 2.77. The van der Waals surface area contributed by atoms with E-state index in [0.717, 1.165) is 16.3 Å². The fourth-order valence-corrected chi connectivity index (χ4v) is 3.98. The van der Waals surface area contributed by atoms with E-state index in [2.05, 4.69) is 5.32 Å². The highest BCUT2D eigenvalue weighted by Crippen LogP contribution is 2.24. The molecule has 27 heavy (non-hydrogen) atoms. The average molecular weight is 390 g/mol. The molecule has 0 aliphatic heterocycles. The number of benzene rings is 2. The molecule has 0 atom stereocenters. The number of sulfonamides is 1. The Morgan fingerprint density at radius 1 is 1.00 bits per heavy atom. The van der Waals surface area contributed by atoms with Crippen LogP contribution in [-0.4, -0.2) is 53.0 Å². The maximum absolute atomic E-state index is 13.1. The van der Waals surface area contributed by atoms with Gasteiger partial charge in [-0.2, -0.15) is 0 Å². The predicted molar refractivity (Wildman–Crippen MR) is 108 cm³/mol. The van der Waals surface area contributed by atoms with Gasteiger partial charge in [0.1, 0.15) is 6.54 Å². The van der Waals surface area contributed by atoms with Gasteiger partial charge in [0, 0.05) is 13.1 Å². The average Bonchev–Trinajstić information content (AvgIpc) is 2.66. The van der Waals surface area contributed by atoms with Gasteiger partial charge in [-0.15, -0.1) is 0 Å². The molecule has 1 N–H and O–H groups in total. The van der Waals surface area contributed by atoms with Crippen molar-refractivity contribution in [2.24, 2.45) is 0 Å². The van der Waals surface area contributed by atoms with Gasteiger partial charge < -0.3 is 10.2 Å². The van der Waals surface area contributed by atoms with Crippen molar-refractivity contribution in [3.8, 4) is 0 Å². The van der Waals surface area contributed by atoms with Gasteiger partial charge in [0.2, 0.25) is 5.91 Å². The van der Waals surface area contributed by atoms with E-state index in [1.54, 1.807) is 30.3 Å². The van der Waals surface area contributed by atoms with Crippen LogP contribution in [0.25, 0.3) is 0 Å². The molecule has 0 aliphatic carbocycles. The number of hydrogen-bond acceptors (Lipinski definition) is 4. The van der Waals surface area contributed by atoms with E-state index in [9.17, 15) is 13.2 Å². The Kier molecular flexibility index (Phi) is 7.38. The third-order valence-corrected chi connectivity index (χ3v) is 5.92. The number of aryl methyl sites for hydroxylation is 1. The van der Waals surface area contributed by atoms with Crippen LogP contribution in [0.2, 0.25) is 0 Å². The smallest absolute Gasteiger partial charge is 0.264 e. The zero-order chi connectivity index (χ0) is 19.9. The molecule has 2 rings (SSSR count). The summed E-state index contributed by atoms with van der Waals surface area (Å²) in [7, 11) is -0.0274. The van der Waals surface area contributed by atoms with E-state index >= 15 is 0 Å². The minimum Gasteiger partial charge on any atom is -0.353 e. The minimum atomic E-state index is -3.85. The number of anilines is 1. The first-order valence-corrected chi connectivity index (χ1v) is 10.4. The van der Waals surface area contributed by atoms with E-state index in [0.29, 0.717) is 18.8 Å². The highest BCUT2D eigenvalue weighted by Gasteiger charge is 2.26. The lowest BCUT2D eigenvalue weighted by Crippen LogP contribution is -2.42. The van der Waals surface area contributed by atoms with Gasteiger partial charge in [-0.1, -0.05) is 37.3 Å². The monoisotopic (exact) mass is 389 g/mol. The van der Waals surface area contributed by atoms with E-state index in [4.69, 9.17) is 0 Å². The van der Waals surface area contributed by atoms with Gasteiger partial charge in [-0.25, -0.2) is 8.42 Å². The molecule has 7 heteroatoms. The molecule has 0 saturated carbocycles. The van der Waals surface area contributed by atoms with Crippen molar-refractivity contribution in [1.29, 1.82) is 0 Å². The van der Waals surface area contributed by atoms with Gasteiger partial charge in [0.05, 0.1) is 10.6 Å². The molecule has 2 aromatic carbocycles. The van der Waals surface area contributed by atoms with Crippen LogP contribution in [0.5, 0.6) is 0 Å². The molecule has 2 aromatic rings. The summed E-state index contributed by atoms with van der Waals surface area (Å²) in [6.45, 7) is 2.91. The van der Waals surface area contributed by atoms with Crippen molar-refractivity contribution < 1.29 is 13.2 Å². The van der Waals surface area contributed by atoms with E-state index < -0.39 is 10.0 Å². The maximum atomic E-state index is 13.1. The van der Waals surface area contributed by atoms with Crippen molar-refractivity contribution in [1.82, 2.24) is 10.2 Å². The first-order chi connectivity index (χ1) is 12.8. The van der Waals surface area contributed by atoms with Crippen molar-refractivity contribution in [2.75, 3.05) is 38.0 Å². The highest BCUT2D eigenvalue weighted by atomic mass is 32.2. The summed E-state index contributed by atoms with van der Waals surface area (Å²) in [6.07, 6.45) is 0.858. The fourth-order valence-electron chi connectivity index (χ4n) is 2.54. The first kappa shape index (κ1) is 20.9. The lowest BCUT2D eigenvalue weighted by Gasteiger charge is -2.24. The second-order valence-corrected chi connectivity index (χ2v) is 8.36. The third-order valence-electron chi connectivity index (χ3n) is 4.13. The summed E-state index contributed by atoms with van der Waals surface area (Å²) in [5.74, 6) is -0.337. The Bertz CT molecular complexity index is 835. The molecular formula is C20H27N3O3S. The molecule has 146 valence electrons. The zero-order valence-electron chi connectivity index (χ0n) is 16.1. The second-order valence-electron chi connectivity index (χ2n) is 6.50. The third kappa shape index (κ3) is 5.80. The summed E-state index contributed by atoms with van der Waals surface area (Å²) in [4.78, 5) is 14.5. The minimum absolute atomic E-state index is 0.158. The Labute approximate surface area is 161 Å². The molecule has 0 heterocycles. The van der Waals surface area contributed by atoms with Gasteiger partial charge in [-0.3, -0.25) is 9.10 Å². The van der Waals surface area contributed by atoms with E-state index in [1.807, 2.05) is 38.1 Å². The van der Waals surface area contributed by atoms with Gasteiger partial charge in [-0.05, 0) is 50.3 Å². The van der Waals surface area contributed by atoms with Gasteiger partial charge in [0.25, 0.3) is 10.0 Å². The van der Waals surface area contributed by atoms with E-state index in [-0.39, 0.29) is 17.3 Å². The summed E-state index contributed by atoms with van der Waals surface area (Å²) >= 11 is 0. The van der Waals surface area contributed by atoms with Crippen molar-refractivity contribution in [3.63, 3.8) is 0 Å². The number of nitrogens with one attached hydrogen (secondary N) is 1. The standard InChI is InChI=1S/C20H27N3O3S/c1-4-17-10-12-18(13-11-17)23(16-20(24)21-14-15-22(2)3)27(25,26)19-8-6-5-7-9-19/h5-13H,4,14-16H2,1-3H3,(H,21,24). The van der Waals surface area contributed by atoms with Crippen LogP contribution in [0.1, 0.15) is 12.5 Å². The Hall–Kier alpha value is -2.38. The van der Waals surface area contributed by atoms with Crippen LogP contribution < -0.4 is 9.62 Å². The van der Waals surface area contributed by atoms with Crippen molar-refractivity contribution >= 4 is 21.6 Å². The lowest BCUT2D eigenvalue weighted by molar-refractivity contribution is -0.119.